The molecule has 1 aromatic rings. The van der Waals surface area contributed by atoms with Crippen LogP contribution < -0.4 is 5.73 Å². The minimum absolute atomic E-state index is 0.00250. The molecular formula is C15H22N2O. The van der Waals surface area contributed by atoms with Crippen LogP contribution in [0.2, 0.25) is 0 Å². The van der Waals surface area contributed by atoms with E-state index < -0.39 is 0 Å². The van der Waals surface area contributed by atoms with Gasteiger partial charge in [0.05, 0.1) is 11.6 Å². The SMILES string of the molecule is CC(C)(N)CCC(=O)C1CCCc2cccnc21. The largest absolute Gasteiger partial charge is 0.326 e. The molecule has 18 heavy (non-hydrogen) atoms. The van der Waals surface area contributed by atoms with E-state index in [9.17, 15) is 4.79 Å². The first-order chi connectivity index (χ1) is 8.47. The van der Waals surface area contributed by atoms with E-state index in [0.717, 1.165) is 31.4 Å². The van der Waals surface area contributed by atoms with Crippen molar-refractivity contribution in [2.24, 2.45) is 5.73 Å². The van der Waals surface area contributed by atoms with Gasteiger partial charge >= 0.3 is 0 Å². The molecule has 0 radical (unpaired) electrons. The fourth-order valence-corrected chi connectivity index (χ4v) is 2.54. The second-order valence-electron chi connectivity index (χ2n) is 5.95. The maximum absolute atomic E-state index is 12.3. The van der Waals surface area contributed by atoms with E-state index in [1.54, 1.807) is 6.20 Å². The minimum Gasteiger partial charge on any atom is -0.326 e. The summed E-state index contributed by atoms with van der Waals surface area (Å²) in [6, 6.07) is 4.04. The molecule has 2 rings (SSSR count). The summed E-state index contributed by atoms with van der Waals surface area (Å²) >= 11 is 0. The number of hydrogen-bond donors (Lipinski definition) is 1. The summed E-state index contributed by atoms with van der Waals surface area (Å²) in [5.74, 6) is 0.297. The average molecular weight is 246 g/mol. The molecule has 0 fully saturated rings. The molecule has 3 nitrogen and oxygen atoms in total. The summed E-state index contributed by atoms with van der Waals surface area (Å²) in [6.07, 6.45) is 6.16. The molecule has 3 heteroatoms. The number of carbonyl (C=O) groups is 1. The van der Waals surface area contributed by atoms with Gasteiger partial charge in [0.2, 0.25) is 0 Å². The Kier molecular flexibility index (Phi) is 3.81. The standard InChI is InChI=1S/C15H22N2O/c1-15(2,16)9-8-13(18)12-7-3-5-11-6-4-10-17-14(11)12/h4,6,10,12H,3,5,7-9,16H2,1-2H3. The Bertz CT molecular complexity index is 434. The lowest BCUT2D eigenvalue weighted by molar-refractivity contribution is -0.121. The molecule has 0 bridgehead atoms. The van der Waals surface area contributed by atoms with Crippen LogP contribution in [0.5, 0.6) is 0 Å². The topological polar surface area (TPSA) is 56.0 Å². The number of nitrogens with zero attached hydrogens (tertiary/aromatic N) is 1. The third-order valence-electron chi connectivity index (χ3n) is 3.60. The summed E-state index contributed by atoms with van der Waals surface area (Å²) in [5, 5.41) is 0. The van der Waals surface area contributed by atoms with Gasteiger partial charge in [0, 0.05) is 18.2 Å². The lowest BCUT2D eigenvalue weighted by atomic mass is 9.82. The van der Waals surface area contributed by atoms with E-state index in [1.165, 1.54) is 5.56 Å². The van der Waals surface area contributed by atoms with Crippen molar-refractivity contribution in [3.05, 3.63) is 29.6 Å². The van der Waals surface area contributed by atoms with Crippen molar-refractivity contribution in [2.75, 3.05) is 0 Å². The highest BCUT2D eigenvalue weighted by Gasteiger charge is 2.28. The minimum atomic E-state index is -0.267. The Labute approximate surface area is 109 Å². The summed E-state index contributed by atoms with van der Waals surface area (Å²) in [4.78, 5) is 16.7. The molecule has 1 atom stereocenters. The Morgan fingerprint density at radius 3 is 3.06 bits per heavy atom. The molecule has 1 aliphatic carbocycles. The maximum atomic E-state index is 12.3. The summed E-state index contributed by atoms with van der Waals surface area (Å²) in [7, 11) is 0. The van der Waals surface area contributed by atoms with Gasteiger partial charge in [0.15, 0.2) is 0 Å². The van der Waals surface area contributed by atoms with Gasteiger partial charge in [-0.05, 0) is 51.2 Å². The highest BCUT2D eigenvalue weighted by atomic mass is 16.1. The predicted octanol–water partition coefficient (Wildman–Crippen LogP) is 2.59. The molecule has 0 aromatic carbocycles. The van der Waals surface area contributed by atoms with Crippen molar-refractivity contribution < 1.29 is 4.79 Å². The number of aryl methyl sites for hydroxylation is 1. The van der Waals surface area contributed by atoms with E-state index in [-0.39, 0.29) is 11.5 Å². The van der Waals surface area contributed by atoms with Gasteiger partial charge in [-0.1, -0.05) is 6.07 Å². The van der Waals surface area contributed by atoms with Crippen LogP contribution in [0.4, 0.5) is 0 Å². The number of rotatable bonds is 4. The van der Waals surface area contributed by atoms with Gasteiger partial charge in [-0.25, -0.2) is 0 Å². The Balaban J connectivity index is 2.08. The quantitative estimate of drug-likeness (QED) is 0.888. The highest BCUT2D eigenvalue weighted by molar-refractivity contribution is 5.85. The van der Waals surface area contributed by atoms with Gasteiger partial charge in [-0.3, -0.25) is 9.78 Å². The number of nitrogens with two attached hydrogens (primary N) is 1. The van der Waals surface area contributed by atoms with Crippen LogP contribution in [0.3, 0.4) is 0 Å². The van der Waals surface area contributed by atoms with Crippen molar-refractivity contribution in [1.82, 2.24) is 4.98 Å². The number of ketones is 1. The van der Waals surface area contributed by atoms with Crippen LogP contribution in [-0.4, -0.2) is 16.3 Å². The first-order valence-corrected chi connectivity index (χ1v) is 6.73. The van der Waals surface area contributed by atoms with E-state index in [4.69, 9.17) is 5.73 Å². The van der Waals surface area contributed by atoms with E-state index >= 15 is 0 Å². The van der Waals surface area contributed by atoms with Gasteiger partial charge in [0.1, 0.15) is 5.78 Å². The van der Waals surface area contributed by atoms with Crippen molar-refractivity contribution in [2.45, 2.75) is 57.4 Å². The lowest BCUT2D eigenvalue weighted by Crippen LogP contribution is -2.33. The number of fused-ring (bicyclic) bond motifs is 1. The molecule has 0 saturated heterocycles. The van der Waals surface area contributed by atoms with Crippen molar-refractivity contribution in [3.63, 3.8) is 0 Å². The Hall–Kier alpha value is -1.22. The first-order valence-electron chi connectivity index (χ1n) is 6.73. The number of aromatic nitrogens is 1. The van der Waals surface area contributed by atoms with Gasteiger partial charge in [0.25, 0.3) is 0 Å². The molecule has 0 aliphatic heterocycles. The second kappa shape index (κ2) is 5.19. The monoisotopic (exact) mass is 246 g/mol. The molecular weight excluding hydrogens is 224 g/mol. The molecule has 1 heterocycles. The van der Waals surface area contributed by atoms with Crippen LogP contribution in [0.1, 0.15) is 56.7 Å². The van der Waals surface area contributed by atoms with Gasteiger partial charge in [-0.2, -0.15) is 0 Å². The Morgan fingerprint density at radius 1 is 1.56 bits per heavy atom. The third-order valence-corrected chi connectivity index (χ3v) is 3.60. The second-order valence-corrected chi connectivity index (χ2v) is 5.95. The Morgan fingerprint density at radius 2 is 2.33 bits per heavy atom. The zero-order valence-electron chi connectivity index (χ0n) is 11.3. The van der Waals surface area contributed by atoms with E-state index in [0.29, 0.717) is 12.2 Å². The van der Waals surface area contributed by atoms with Crippen LogP contribution in [0, 0.1) is 0 Å². The highest BCUT2D eigenvalue weighted by Crippen LogP contribution is 2.31. The van der Waals surface area contributed by atoms with Crippen LogP contribution in [0.15, 0.2) is 18.3 Å². The normalized spacial score (nSPS) is 19.4. The fourth-order valence-electron chi connectivity index (χ4n) is 2.54. The summed E-state index contributed by atoms with van der Waals surface area (Å²) < 4.78 is 0. The summed E-state index contributed by atoms with van der Waals surface area (Å²) in [5.41, 5.74) is 7.92. The molecule has 0 spiro atoms. The zero-order valence-corrected chi connectivity index (χ0v) is 11.3. The number of pyridine rings is 1. The smallest absolute Gasteiger partial charge is 0.141 e. The lowest BCUT2D eigenvalue weighted by Gasteiger charge is -2.24. The molecule has 1 unspecified atom stereocenters. The van der Waals surface area contributed by atoms with E-state index in [1.807, 2.05) is 19.9 Å². The fraction of sp³-hybridized carbons (Fsp3) is 0.600. The molecule has 2 N–H and O–H groups in total. The molecule has 1 aliphatic rings. The number of hydrogen-bond acceptors (Lipinski definition) is 3. The first kappa shape index (κ1) is 13.2. The van der Waals surface area contributed by atoms with Crippen LogP contribution in [-0.2, 0) is 11.2 Å². The molecule has 0 amide bonds. The molecule has 1 aromatic heterocycles. The van der Waals surface area contributed by atoms with Gasteiger partial charge in [-0.15, -0.1) is 0 Å². The van der Waals surface area contributed by atoms with Crippen molar-refractivity contribution in [1.29, 1.82) is 0 Å². The number of carbonyl (C=O) groups excluding carboxylic acids is 1. The van der Waals surface area contributed by atoms with Crippen molar-refractivity contribution >= 4 is 5.78 Å². The average Bonchev–Trinajstić information content (AvgIpc) is 2.34. The molecule has 0 saturated carbocycles. The third kappa shape index (κ3) is 3.16. The van der Waals surface area contributed by atoms with Crippen LogP contribution >= 0.6 is 0 Å². The van der Waals surface area contributed by atoms with Crippen LogP contribution in [0.25, 0.3) is 0 Å². The number of Topliss-reactive ketones (excluding diaryl/α,β-unsaturated/α-hetero) is 1. The zero-order chi connectivity index (χ0) is 13.2. The molecule has 98 valence electrons. The van der Waals surface area contributed by atoms with E-state index in [2.05, 4.69) is 11.1 Å². The predicted molar refractivity (Wildman–Crippen MR) is 72.4 cm³/mol. The summed E-state index contributed by atoms with van der Waals surface area (Å²) in [6.45, 7) is 3.93. The maximum Gasteiger partial charge on any atom is 0.141 e. The van der Waals surface area contributed by atoms with Gasteiger partial charge < -0.3 is 5.73 Å². The van der Waals surface area contributed by atoms with Crippen molar-refractivity contribution in [3.8, 4) is 0 Å².